The predicted octanol–water partition coefficient (Wildman–Crippen LogP) is 3.53. The highest BCUT2D eigenvalue weighted by Crippen LogP contribution is 2.26. The van der Waals surface area contributed by atoms with Crippen LogP contribution in [-0.2, 0) is 4.79 Å². The first-order valence-corrected chi connectivity index (χ1v) is 9.90. The van der Waals surface area contributed by atoms with Crippen LogP contribution in [-0.4, -0.2) is 36.2 Å². The lowest BCUT2D eigenvalue weighted by atomic mass is 10.2. The van der Waals surface area contributed by atoms with Gasteiger partial charge in [-0.25, -0.2) is 18.9 Å². The number of carbonyl (C=O) groups is 1. The molecule has 1 amide bonds. The quantitative estimate of drug-likeness (QED) is 0.526. The fourth-order valence-corrected chi connectivity index (χ4v) is 4.06. The van der Waals surface area contributed by atoms with Gasteiger partial charge in [0.2, 0.25) is 11.1 Å². The van der Waals surface area contributed by atoms with Crippen molar-refractivity contribution in [2.75, 3.05) is 11.1 Å². The molecule has 0 saturated carbocycles. The molecular weight excluding hydrogens is 387 g/mol. The Labute approximate surface area is 162 Å². The second-order valence-corrected chi connectivity index (χ2v) is 7.95. The zero-order chi connectivity index (χ0) is 19.1. The molecular formula is C17H15FN6OS2. The van der Waals surface area contributed by atoms with Gasteiger partial charge in [-0.15, -0.1) is 5.10 Å². The Balaban J connectivity index is 1.45. The zero-order valence-corrected chi connectivity index (χ0v) is 16.4. The van der Waals surface area contributed by atoms with Gasteiger partial charge in [-0.05, 0) is 44.5 Å². The molecule has 7 nitrogen and oxygen atoms in total. The molecule has 138 valence electrons. The van der Waals surface area contributed by atoms with Crippen LogP contribution in [0.25, 0.3) is 16.0 Å². The fourth-order valence-electron chi connectivity index (χ4n) is 2.54. The van der Waals surface area contributed by atoms with Gasteiger partial charge in [0.15, 0.2) is 5.13 Å². The number of amides is 1. The zero-order valence-electron chi connectivity index (χ0n) is 14.8. The maximum absolute atomic E-state index is 13.3. The molecule has 0 aliphatic heterocycles. The minimum Gasteiger partial charge on any atom is -0.301 e. The summed E-state index contributed by atoms with van der Waals surface area (Å²) < 4.78 is 15.6. The molecule has 0 aliphatic carbocycles. The number of anilines is 1. The third-order valence-corrected chi connectivity index (χ3v) is 5.94. The average Bonchev–Trinajstić information content (AvgIpc) is 3.21. The van der Waals surface area contributed by atoms with Gasteiger partial charge in [-0.3, -0.25) is 4.79 Å². The van der Waals surface area contributed by atoms with E-state index in [0.29, 0.717) is 26.3 Å². The van der Waals surface area contributed by atoms with E-state index in [4.69, 9.17) is 0 Å². The topological polar surface area (TPSA) is 85.1 Å². The normalized spacial score (nSPS) is 11.4. The Morgan fingerprint density at radius 2 is 2.07 bits per heavy atom. The molecule has 0 aliphatic rings. The molecule has 0 radical (unpaired) electrons. The summed E-state index contributed by atoms with van der Waals surface area (Å²) in [6.45, 7) is 5.88. The second-order valence-electron chi connectivity index (χ2n) is 5.98. The standard InChI is InChI=1S/C17H15FN6OS2/c1-8-9(2)19-15-22-17(23-24(15)10(8)3)26-7-14(25)21-16-20-12-5-4-11(18)6-13(12)27-16/h4-6H,7H2,1-3H3,(H,20,21,25). The van der Waals surface area contributed by atoms with Crippen LogP contribution in [0.3, 0.4) is 0 Å². The van der Waals surface area contributed by atoms with Gasteiger partial charge >= 0.3 is 0 Å². The van der Waals surface area contributed by atoms with Crippen LogP contribution in [0.4, 0.5) is 9.52 Å². The Kier molecular flexibility index (Phi) is 4.52. The van der Waals surface area contributed by atoms with Crippen molar-refractivity contribution in [3.63, 3.8) is 0 Å². The van der Waals surface area contributed by atoms with Crippen LogP contribution in [0, 0.1) is 26.6 Å². The van der Waals surface area contributed by atoms with Crippen LogP contribution in [0.5, 0.6) is 0 Å². The van der Waals surface area contributed by atoms with Crippen molar-refractivity contribution in [2.24, 2.45) is 0 Å². The molecule has 0 fully saturated rings. The van der Waals surface area contributed by atoms with Gasteiger partial charge in [0.05, 0.1) is 16.0 Å². The summed E-state index contributed by atoms with van der Waals surface area (Å²) in [5.41, 5.74) is 3.60. The van der Waals surface area contributed by atoms with Crippen molar-refractivity contribution >= 4 is 50.1 Å². The molecule has 0 atom stereocenters. The predicted molar refractivity (Wildman–Crippen MR) is 104 cm³/mol. The van der Waals surface area contributed by atoms with Crippen LogP contribution in [0.1, 0.15) is 17.0 Å². The lowest BCUT2D eigenvalue weighted by Gasteiger charge is -2.04. The van der Waals surface area contributed by atoms with Gasteiger partial charge in [0.1, 0.15) is 5.82 Å². The summed E-state index contributed by atoms with van der Waals surface area (Å²) >= 11 is 2.46. The third-order valence-electron chi connectivity index (χ3n) is 4.17. The van der Waals surface area contributed by atoms with Crippen molar-refractivity contribution in [1.82, 2.24) is 24.6 Å². The first kappa shape index (κ1) is 17.8. The summed E-state index contributed by atoms with van der Waals surface area (Å²) in [5.74, 6) is 0.104. The van der Waals surface area contributed by atoms with Gasteiger partial charge in [-0.2, -0.15) is 4.98 Å². The van der Waals surface area contributed by atoms with Gasteiger partial charge in [0.25, 0.3) is 5.78 Å². The van der Waals surface area contributed by atoms with Crippen LogP contribution in [0.15, 0.2) is 23.4 Å². The molecule has 0 saturated heterocycles. The van der Waals surface area contributed by atoms with Crippen LogP contribution in [0.2, 0.25) is 0 Å². The number of carbonyl (C=O) groups excluding carboxylic acids is 1. The van der Waals surface area contributed by atoms with E-state index in [2.05, 4.69) is 25.4 Å². The smallest absolute Gasteiger partial charge is 0.253 e. The molecule has 10 heteroatoms. The lowest BCUT2D eigenvalue weighted by molar-refractivity contribution is -0.113. The Morgan fingerprint density at radius 3 is 2.89 bits per heavy atom. The number of hydrogen-bond acceptors (Lipinski definition) is 7. The van der Waals surface area contributed by atoms with Crippen molar-refractivity contribution in [2.45, 2.75) is 25.9 Å². The minimum atomic E-state index is -0.327. The number of aryl methyl sites for hydroxylation is 2. The number of thioether (sulfide) groups is 1. The van der Waals surface area contributed by atoms with E-state index < -0.39 is 0 Å². The molecule has 1 aromatic carbocycles. The molecule has 1 N–H and O–H groups in total. The van der Waals surface area contributed by atoms with E-state index in [9.17, 15) is 9.18 Å². The Hall–Kier alpha value is -2.59. The number of hydrogen-bond donors (Lipinski definition) is 1. The number of aromatic nitrogens is 5. The number of fused-ring (bicyclic) bond motifs is 2. The van der Waals surface area contributed by atoms with Crippen LogP contribution >= 0.6 is 23.1 Å². The number of rotatable bonds is 4. The first-order chi connectivity index (χ1) is 12.9. The van der Waals surface area contributed by atoms with Gasteiger partial charge in [0, 0.05) is 11.4 Å². The van der Waals surface area contributed by atoms with Crippen molar-refractivity contribution < 1.29 is 9.18 Å². The highest BCUT2D eigenvalue weighted by atomic mass is 32.2. The summed E-state index contributed by atoms with van der Waals surface area (Å²) in [7, 11) is 0. The Bertz CT molecular complexity index is 1190. The number of thiazole rings is 1. The molecule has 0 spiro atoms. The first-order valence-electron chi connectivity index (χ1n) is 8.10. The maximum Gasteiger partial charge on any atom is 0.253 e. The molecule has 0 unspecified atom stereocenters. The second kappa shape index (κ2) is 6.86. The number of nitrogens with zero attached hydrogens (tertiary/aromatic N) is 5. The molecule has 27 heavy (non-hydrogen) atoms. The number of nitrogens with one attached hydrogen (secondary N) is 1. The van der Waals surface area contributed by atoms with Gasteiger partial charge < -0.3 is 5.32 Å². The molecule has 3 aromatic heterocycles. The fraction of sp³-hybridized carbons (Fsp3) is 0.235. The van der Waals surface area contributed by atoms with Crippen molar-refractivity contribution in [3.05, 3.63) is 41.0 Å². The Morgan fingerprint density at radius 1 is 1.26 bits per heavy atom. The molecule has 4 aromatic rings. The van der Waals surface area contributed by atoms with E-state index >= 15 is 0 Å². The van der Waals surface area contributed by atoms with E-state index in [1.807, 2.05) is 20.8 Å². The lowest BCUT2D eigenvalue weighted by Crippen LogP contribution is -2.13. The monoisotopic (exact) mass is 402 g/mol. The highest BCUT2D eigenvalue weighted by molar-refractivity contribution is 7.99. The molecule has 0 bridgehead atoms. The largest absolute Gasteiger partial charge is 0.301 e. The van der Waals surface area contributed by atoms with Crippen LogP contribution < -0.4 is 5.32 Å². The highest BCUT2D eigenvalue weighted by Gasteiger charge is 2.14. The summed E-state index contributed by atoms with van der Waals surface area (Å²) in [6, 6.07) is 4.33. The van der Waals surface area contributed by atoms with Crippen molar-refractivity contribution in [1.29, 1.82) is 0 Å². The minimum absolute atomic E-state index is 0.137. The van der Waals surface area contributed by atoms with Gasteiger partial charge in [-0.1, -0.05) is 23.1 Å². The van der Waals surface area contributed by atoms with E-state index in [1.54, 1.807) is 10.6 Å². The van der Waals surface area contributed by atoms with E-state index in [1.165, 1.54) is 35.2 Å². The van der Waals surface area contributed by atoms with E-state index in [-0.39, 0.29) is 17.5 Å². The summed E-state index contributed by atoms with van der Waals surface area (Å²) in [5, 5.41) is 8.06. The third kappa shape index (κ3) is 3.50. The molecule has 3 heterocycles. The maximum atomic E-state index is 13.3. The summed E-state index contributed by atoms with van der Waals surface area (Å²) in [4.78, 5) is 25.3. The average molecular weight is 402 g/mol. The number of halogens is 1. The number of benzene rings is 1. The SMILES string of the molecule is Cc1nc2nc(SCC(=O)Nc3nc4ccc(F)cc4s3)nn2c(C)c1C. The molecule has 4 rings (SSSR count). The van der Waals surface area contributed by atoms with Crippen molar-refractivity contribution in [3.8, 4) is 0 Å². The van der Waals surface area contributed by atoms with E-state index in [0.717, 1.165) is 17.0 Å². The summed E-state index contributed by atoms with van der Waals surface area (Å²) in [6.07, 6.45) is 0.